The molecule has 1 saturated carbocycles. The first-order valence-corrected chi connectivity index (χ1v) is 8.50. The molecule has 0 radical (unpaired) electrons. The van der Waals surface area contributed by atoms with Gasteiger partial charge in [0.25, 0.3) is 0 Å². The summed E-state index contributed by atoms with van der Waals surface area (Å²) < 4.78 is 11.1. The zero-order valence-electron chi connectivity index (χ0n) is 14.3. The van der Waals surface area contributed by atoms with E-state index in [1.165, 1.54) is 29.5 Å². The van der Waals surface area contributed by atoms with E-state index in [0.29, 0.717) is 6.54 Å². The third-order valence-electron chi connectivity index (χ3n) is 5.51. The summed E-state index contributed by atoms with van der Waals surface area (Å²) >= 11 is 0. The number of benzene rings is 2. The predicted octanol–water partition coefficient (Wildman–Crippen LogP) is 3.21. The monoisotopic (exact) mass is 324 g/mol. The second-order valence-corrected chi connectivity index (χ2v) is 6.68. The molecule has 126 valence electrons. The molecule has 1 unspecified atom stereocenters. The highest BCUT2D eigenvalue weighted by Gasteiger charge is 2.54. The van der Waals surface area contributed by atoms with Gasteiger partial charge in [-0.2, -0.15) is 0 Å². The van der Waals surface area contributed by atoms with Gasteiger partial charge in [0, 0.05) is 30.3 Å². The molecular weight excluding hydrogens is 300 g/mol. The zero-order valence-corrected chi connectivity index (χ0v) is 14.3. The van der Waals surface area contributed by atoms with Crippen molar-refractivity contribution in [2.24, 2.45) is 5.73 Å². The van der Waals surface area contributed by atoms with Crippen LogP contribution in [0.3, 0.4) is 0 Å². The molecule has 1 aliphatic heterocycles. The van der Waals surface area contributed by atoms with Gasteiger partial charge in [-0.25, -0.2) is 0 Å². The first kappa shape index (κ1) is 15.5. The predicted molar refractivity (Wildman–Crippen MR) is 94.2 cm³/mol. The minimum absolute atomic E-state index is 0.114. The molecule has 24 heavy (non-hydrogen) atoms. The van der Waals surface area contributed by atoms with Crippen LogP contribution in [0.15, 0.2) is 42.5 Å². The minimum Gasteiger partial charge on any atom is -0.497 e. The first-order valence-electron chi connectivity index (χ1n) is 8.50. The topological polar surface area (TPSA) is 47.7 Å². The number of rotatable bonds is 5. The van der Waals surface area contributed by atoms with Crippen LogP contribution in [0.2, 0.25) is 0 Å². The van der Waals surface area contributed by atoms with E-state index in [9.17, 15) is 0 Å². The summed E-state index contributed by atoms with van der Waals surface area (Å²) in [4.78, 5) is 2.56. The van der Waals surface area contributed by atoms with Crippen molar-refractivity contribution in [1.82, 2.24) is 4.90 Å². The van der Waals surface area contributed by atoms with Crippen LogP contribution < -0.4 is 15.2 Å². The number of methoxy groups -OCH3 is 2. The van der Waals surface area contributed by atoms with Crippen molar-refractivity contribution in [1.29, 1.82) is 0 Å². The summed E-state index contributed by atoms with van der Waals surface area (Å²) in [6.45, 7) is 1.48. The number of hydrogen-bond acceptors (Lipinski definition) is 4. The molecule has 1 atom stereocenters. The highest BCUT2D eigenvalue weighted by atomic mass is 16.5. The highest BCUT2D eigenvalue weighted by molar-refractivity contribution is 5.52. The molecule has 0 saturated heterocycles. The summed E-state index contributed by atoms with van der Waals surface area (Å²) in [6.07, 6.45) is 2.36. The molecule has 0 bridgehead atoms. The zero-order chi connectivity index (χ0) is 16.7. The highest BCUT2D eigenvalue weighted by Crippen LogP contribution is 2.58. The third kappa shape index (κ3) is 2.21. The molecule has 0 spiro atoms. The van der Waals surface area contributed by atoms with E-state index in [-0.39, 0.29) is 11.6 Å². The Labute approximate surface area is 143 Å². The van der Waals surface area contributed by atoms with E-state index >= 15 is 0 Å². The first-order chi connectivity index (χ1) is 11.7. The van der Waals surface area contributed by atoms with E-state index in [4.69, 9.17) is 15.2 Å². The maximum Gasteiger partial charge on any atom is 0.127 e. The van der Waals surface area contributed by atoms with Crippen LogP contribution in [-0.4, -0.2) is 25.7 Å². The average Bonchev–Trinajstić information content (AvgIpc) is 3.36. The summed E-state index contributed by atoms with van der Waals surface area (Å²) in [5.74, 6) is 1.72. The van der Waals surface area contributed by atoms with E-state index < -0.39 is 0 Å². The molecule has 1 fully saturated rings. The van der Waals surface area contributed by atoms with Gasteiger partial charge in [-0.1, -0.05) is 30.3 Å². The third-order valence-corrected chi connectivity index (χ3v) is 5.51. The summed E-state index contributed by atoms with van der Waals surface area (Å²) in [7, 11) is 3.41. The molecule has 1 aliphatic carbocycles. The van der Waals surface area contributed by atoms with Gasteiger partial charge in [-0.3, -0.25) is 4.90 Å². The van der Waals surface area contributed by atoms with Crippen LogP contribution in [0, 0.1) is 0 Å². The Kier molecular flexibility index (Phi) is 3.74. The molecule has 0 amide bonds. The van der Waals surface area contributed by atoms with Gasteiger partial charge in [-0.05, 0) is 30.0 Å². The fraction of sp³-hybridized carbons (Fsp3) is 0.400. The lowest BCUT2D eigenvalue weighted by Crippen LogP contribution is -2.37. The van der Waals surface area contributed by atoms with Crippen LogP contribution in [0.1, 0.15) is 35.6 Å². The van der Waals surface area contributed by atoms with E-state index in [2.05, 4.69) is 41.3 Å². The van der Waals surface area contributed by atoms with Crippen LogP contribution in [0.4, 0.5) is 0 Å². The Balaban J connectivity index is 1.77. The van der Waals surface area contributed by atoms with Crippen molar-refractivity contribution in [3.8, 4) is 11.5 Å². The van der Waals surface area contributed by atoms with Crippen molar-refractivity contribution in [3.63, 3.8) is 0 Å². The normalized spacial score (nSPS) is 21.4. The van der Waals surface area contributed by atoms with E-state index in [0.717, 1.165) is 18.0 Å². The van der Waals surface area contributed by atoms with Crippen molar-refractivity contribution < 1.29 is 9.47 Å². The molecule has 4 rings (SSSR count). The van der Waals surface area contributed by atoms with Gasteiger partial charge in [-0.15, -0.1) is 0 Å². The van der Waals surface area contributed by atoms with Crippen molar-refractivity contribution in [2.45, 2.75) is 31.0 Å². The second kappa shape index (κ2) is 5.80. The molecule has 2 aliphatic rings. The Bertz CT molecular complexity index is 741. The SMILES string of the molecule is COc1cc2c(c(OC)c1)C(CN)N(C1(c3ccccc3)CC1)C2. The molecule has 0 aromatic heterocycles. The van der Waals surface area contributed by atoms with Crippen LogP contribution in [0.25, 0.3) is 0 Å². The fourth-order valence-electron chi connectivity index (χ4n) is 4.20. The van der Waals surface area contributed by atoms with Gasteiger partial charge < -0.3 is 15.2 Å². The number of fused-ring (bicyclic) bond motifs is 1. The van der Waals surface area contributed by atoms with E-state index in [1.54, 1.807) is 14.2 Å². The van der Waals surface area contributed by atoms with Gasteiger partial charge in [0.05, 0.1) is 20.3 Å². The Morgan fingerprint density at radius 2 is 1.88 bits per heavy atom. The standard InChI is InChI=1S/C20H24N2O2/c1-23-16-10-14-13-22(17(12-21)19(14)18(11-16)24-2)20(8-9-20)15-6-4-3-5-7-15/h3-7,10-11,17H,8-9,12-13,21H2,1-2H3. The lowest BCUT2D eigenvalue weighted by Gasteiger charge is -2.33. The maximum absolute atomic E-state index is 6.21. The summed E-state index contributed by atoms with van der Waals surface area (Å²) in [5, 5.41) is 0. The van der Waals surface area contributed by atoms with Gasteiger partial charge >= 0.3 is 0 Å². The number of hydrogen-bond donors (Lipinski definition) is 1. The number of nitrogens with two attached hydrogens (primary N) is 1. The number of ether oxygens (including phenoxy) is 2. The van der Waals surface area contributed by atoms with Crippen LogP contribution in [-0.2, 0) is 12.1 Å². The molecule has 4 nitrogen and oxygen atoms in total. The maximum atomic E-state index is 6.21. The average molecular weight is 324 g/mol. The van der Waals surface area contributed by atoms with Gasteiger partial charge in [0.2, 0.25) is 0 Å². The van der Waals surface area contributed by atoms with Crippen molar-refractivity contribution in [3.05, 3.63) is 59.2 Å². The minimum atomic E-state index is 0.114. The lowest BCUT2D eigenvalue weighted by atomic mass is 9.99. The molecule has 4 heteroatoms. The quantitative estimate of drug-likeness (QED) is 0.917. The molecule has 2 aromatic carbocycles. The Hall–Kier alpha value is -2.04. The molecular formula is C20H24N2O2. The smallest absolute Gasteiger partial charge is 0.127 e. The van der Waals surface area contributed by atoms with Crippen LogP contribution in [0.5, 0.6) is 11.5 Å². The summed E-state index contributed by atoms with van der Waals surface area (Å²) in [5.41, 5.74) is 10.2. The largest absolute Gasteiger partial charge is 0.497 e. The molecule has 2 aromatic rings. The molecule has 2 N–H and O–H groups in total. The molecule has 1 heterocycles. The summed E-state index contributed by atoms with van der Waals surface area (Å²) in [6, 6.07) is 15.1. The number of nitrogens with zero attached hydrogens (tertiary/aromatic N) is 1. The van der Waals surface area contributed by atoms with Gasteiger partial charge in [0.1, 0.15) is 11.5 Å². The fourth-order valence-corrected chi connectivity index (χ4v) is 4.20. The van der Waals surface area contributed by atoms with Crippen LogP contribution >= 0.6 is 0 Å². The van der Waals surface area contributed by atoms with Crippen molar-refractivity contribution >= 4 is 0 Å². The Morgan fingerprint density at radius 3 is 2.46 bits per heavy atom. The lowest BCUT2D eigenvalue weighted by molar-refractivity contribution is 0.128. The van der Waals surface area contributed by atoms with Crippen molar-refractivity contribution in [2.75, 3.05) is 20.8 Å². The Morgan fingerprint density at radius 1 is 1.12 bits per heavy atom. The van der Waals surface area contributed by atoms with Gasteiger partial charge in [0.15, 0.2) is 0 Å². The van der Waals surface area contributed by atoms with E-state index in [1.807, 2.05) is 6.07 Å². The second-order valence-electron chi connectivity index (χ2n) is 6.68.